The number of hydrogen-bond donors (Lipinski definition) is 0. The van der Waals surface area contributed by atoms with Crippen LogP contribution in [0.3, 0.4) is 0 Å². The van der Waals surface area contributed by atoms with Crippen LogP contribution in [0.2, 0.25) is 0 Å². The van der Waals surface area contributed by atoms with Crippen LogP contribution in [0.25, 0.3) is 0 Å². The predicted octanol–water partition coefficient (Wildman–Crippen LogP) is 2.86. The predicted molar refractivity (Wildman–Crippen MR) is 58.4 cm³/mol. The third kappa shape index (κ3) is 0.911. The van der Waals surface area contributed by atoms with Gasteiger partial charge in [-0.2, -0.15) is 5.26 Å². The highest BCUT2D eigenvalue weighted by Gasteiger charge is 2.52. The molecule has 2 aromatic rings. The summed E-state index contributed by atoms with van der Waals surface area (Å²) in [5.41, 5.74) is 2.93. The van der Waals surface area contributed by atoms with E-state index in [0.29, 0.717) is 0 Å². The highest BCUT2D eigenvalue weighted by molar-refractivity contribution is 5.72. The van der Waals surface area contributed by atoms with Gasteiger partial charge in [-0.3, -0.25) is 0 Å². The molecule has 2 aromatic carbocycles. The van der Waals surface area contributed by atoms with Crippen LogP contribution in [0, 0.1) is 11.3 Å². The molecule has 0 aromatic heterocycles. The Morgan fingerprint density at radius 1 is 0.800 bits per heavy atom. The summed E-state index contributed by atoms with van der Waals surface area (Å²) in [5.74, 6) is 0. The molecule has 0 saturated heterocycles. The monoisotopic (exact) mass is 191 g/mol. The average Bonchev–Trinajstić information content (AvgIpc) is 3.00. The minimum absolute atomic E-state index is 0.454. The fourth-order valence-corrected chi connectivity index (χ4v) is 2.24. The zero-order chi connectivity index (χ0) is 10.3. The summed E-state index contributed by atoms with van der Waals surface area (Å²) < 4.78 is 0. The van der Waals surface area contributed by atoms with Crippen molar-refractivity contribution in [1.29, 1.82) is 5.26 Å². The molecule has 0 fully saturated rings. The lowest BCUT2D eigenvalue weighted by molar-refractivity contribution is 0.978. The lowest BCUT2D eigenvalue weighted by atomic mass is 9.93. The van der Waals surface area contributed by atoms with Crippen LogP contribution >= 0.6 is 0 Å². The van der Waals surface area contributed by atoms with E-state index < -0.39 is 5.41 Å². The molecule has 0 spiro atoms. The summed E-state index contributed by atoms with van der Waals surface area (Å²) in [4.78, 5) is 0. The van der Waals surface area contributed by atoms with Gasteiger partial charge in [0.05, 0.1) is 6.07 Å². The van der Waals surface area contributed by atoms with Gasteiger partial charge in [-0.15, -0.1) is 0 Å². The first-order valence-corrected chi connectivity index (χ1v) is 4.96. The molecule has 3 rings (SSSR count). The summed E-state index contributed by atoms with van der Waals surface area (Å²) in [6.45, 7) is 0. The Hall–Kier alpha value is -2.07. The Morgan fingerprint density at radius 3 is 1.87 bits per heavy atom. The van der Waals surface area contributed by atoms with Crippen LogP contribution < -0.4 is 0 Å². The van der Waals surface area contributed by atoms with Gasteiger partial charge >= 0.3 is 0 Å². The first kappa shape index (κ1) is 8.26. The molecule has 0 heterocycles. The fraction of sp³-hybridized carbons (Fsp3) is 0.0714. The van der Waals surface area contributed by atoms with Crippen LogP contribution in [-0.2, 0) is 5.41 Å². The summed E-state index contributed by atoms with van der Waals surface area (Å²) >= 11 is 0. The minimum Gasteiger partial charge on any atom is -0.197 e. The topological polar surface area (TPSA) is 23.8 Å². The molecule has 1 aliphatic rings. The van der Waals surface area contributed by atoms with Crippen LogP contribution in [0.15, 0.2) is 54.6 Å². The van der Waals surface area contributed by atoms with Gasteiger partial charge in [0.25, 0.3) is 0 Å². The first-order chi connectivity index (χ1) is 7.39. The first-order valence-electron chi connectivity index (χ1n) is 4.96. The van der Waals surface area contributed by atoms with Gasteiger partial charge in [0.2, 0.25) is 0 Å². The lowest BCUT2D eigenvalue weighted by Crippen LogP contribution is -2.06. The van der Waals surface area contributed by atoms with Gasteiger partial charge in [-0.05, 0) is 16.7 Å². The van der Waals surface area contributed by atoms with E-state index in [1.165, 1.54) is 0 Å². The van der Waals surface area contributed by atoms with Crippen molar-refractivity contribution in [3.8, 4) is 6.07 Å². The molecule has 15 heavy (non-hydrogen) atoms. The number of rotatable bonds is 1. The van der Waals surface area contributed by atoms with Gasteiger partial charge in [0.1, 0.15) is 5.41 Å². The minimum atomic E-state index is -0.454. The largest absolute Gasteiger partial charge is 0.197 e. The zero-order valence-corrected chi connectivity index (χ0v) is 8.14. The normalized spacial score (nSPS) is 15.1. The molecule has 70 valence electrons. The molecule has 0 N–H and O–H groups in total. The third-order valence-electron chi connectivity index (χ3n) is 3.05. The molecule has 1 heteroatoms. The van der Waals surface area contributed by atoms with Crippen molar-refractivity contribution in [3.63, 3.8) is 0 Å². The third-order valence-corrected chi connectivity index (χ3v) is 3.05. The molecule has 0 unspecified atom stereocenters. The van der Waals surface area contributed by atoms with E-state index in [-0.39, 0.29) is 0 Å². The van der Waals surface area contributed by atoms with Gasteiger partial charge in [-0.1, -0.05) is 54.6 Å². The number of hydrogen-bond acceptors (Lipinski definition) is 1. The quantitative estimate of drug-likeness (QED) is 0.680. The second-order valence-corrected chi connectivity index (χ2v) is 3.77. The van der Waals surface area contributed by atoms with E-state index >= 15 is 0 Å². The molecule has 0 saturated carbocycles. The molecule has 0 atom stereocenters. The maximum absolute atomic E-state index is 9.38. The van der Waals surface area contributed by atoms with Gasteiger partial charge < -0.3 is 0 Å². The van der Waals surface area contributed by atoms with Crippen molar-refractivity contribution in [1.82, 2.24) is 0 Å². The molecule has 0 aliphatic heterocycles. The Bertz CT molecular complexity index is 526. The summed E-state index contributed by atoms with van der Waals surface area (Å²) in [6.07, 6.45) is 0. The molecule has 0 bridgehead atoms. The Kier molecular flexibility index (Phi) is 1.49. The number of fused-ring (bicyclic) bond motifs is 1. The summed E-state index contributed by atoms with van der Waals surface area (Å²) in [5, 5.41) is 9.38. The van der Waals surface area contributed by atoms with Crippen LogP contribution in [0.5, 0.6) is 0 Å². The van der Waals surface area contributed by atoms with Crippen molar-refractivity contribution in [2.45, 2.75) is 5.41 Å². The van der Waals surface area contributed by atoms with Gasteiger partial charge in [0, 0.05) is 0 Å². The van der Waals surface area contributed by atoms with Crippen molar-refractivity contribution in [3.05, 3.63) is 71.3 Å². The van der Waals surface area contributed by atoms with E-state index in [4.69, 9.17) is 0 Å². The number of nitrogens with zero attached hydrogens (tertiary/aromatic N) is 1. The molecule has 0 radical (unpaired) electrons. The fourth-order valence-electron chi connectivity index (χ4n) is 2.24. The van der Waals surface area contributed by atoms with Crippen molar-refractivity contribution in [2.24, 2.45) is 0 Å². The molecular formula is C14H9N. The molecular weight excluding hydrogens is 182 g/mol. The van der Waals surface area contributed by atoms with Crippen LogP contribution in [0.4, 0.5) is 0 Å². The van der Waals surface area contributed by atoms with E-state index in [0.717, 1.165) is 16.7 Å². The summed E-state index contributed by atoms with van der Waals surface area (Å²) in [6, 6.07) is 20.4. The van der Waals surface area contributed by atoms with Crippen molar-refractivity contribution in [2.75, 3.05) is 0 Å². The van der Waals surface area contributed by atoms with Crippen LogP contribution in [0.1, 0.15) is 16.7 Å². The Morgan fingerprint density at radius 2 is 1.33 bits per heavy atom. The van der Waals surface area contributed by atoms with Crippen molar-refractivity contribution >= 4 is 0 Å². The van der Waals surface area contributed by atoms with E-state index in [9.17, 15) is 5.26 Å². The van der Waals surface area contributed by atoms with E-state index in [2.05, 4.69) is 6.07 Å². The maximum atomic E-state index is 9.38. The smallest absolute Gasteiger partial charge is 0.133 e. The lowest BCUT2D eigenvalue weighted by Gasteiger charge is -2.05. The SMILES string of the molecule is N#CC1(c2ccccc2)c2ccccc21. The van der Waals surface area contributed by atoms with E-state index in [1.807, 2.05) is 54.6 Å². The standard InChI is InChI=1S/C14H9N/c15-10-14(11-6-2-1-3-7-11)12-8-4-5-9-13(12)14/h1-9H. The Labute approximate surface area is 88.6 Å². The second kappa shape index (κ2) is 2.71. The van der Waals surface area contributed by atoms with Crippen LogP contribution in [-0.4, -0.2) is 0 Å². The summed E-state index contributed by atoms with van der Waals surface area (Å²) in [7, 11) is 0. The van der Waals surface area contributed by atoms with Crippen molar-refractivity contribution < 1.29 is 0 Å². The molecule has 0 amide bonds. The maximum Gasteiger partial charge on any atom is 0.133 e. The highest BCUT2D eigenvalue weighted by atomic mass is 14.5. The van der Waals surface area contributed by atoms with E-state index in [1.54, 1.807) is 0 Å². The number of nitriles is 1. The van der Waals surface area contributed by atoms with Gasteiger partial charge in [-0.25, -0.2) is 0 Å². The molecule has 1 aliphatic carbocycles. The highest BCUT2D eigenvalue weighted by Crippen LogP contribution is 2.53. The number of benzene rings is 2. The van der Waals surface area contributed by atoms with Gasteiger partial charge in [0.15, 0.2) is 0 Å². The second-order valence-electron chi connectivity index (χ2n) is 3.77. The molecule has 1 nitrogen and oxygen atoms in total. The Balaban J connectivity index is 2.19. The zero-order valence-electron chi connectivity index (χ0n) is 8.14. The average molecular weight is 191 g/mol.